The molecule has 0 aliphatic rings. The van der Waals surface area contributed by atoms with E-state index in [-0.39, 0.29) is 11.6 Å². The molecule has 0 aliphatic heterocycles. The molecule has 0 saturated carbocycles. The molecule has 0 heterocycles. The first-order valence-electron chi connectivity index (χ1n) is 5.81. The van der Waals surface area contributed by atoms with E-state index in [0.29, 0.717) is 6.54 Å². The Morgan fingerprint density at radius 1 is 0.944 bits per heavy atom. The zero-order chi connectivity index (χ0) is 13.1. The first kappa shape index (κ1) is 12.7. The molecular formula is C15H15F2N. The summed E-state index contributed by atoms with van der Waals surface area (Å²) >= 11 is 0. The average molecular weight is 247 g/mol. The molecule has 0 unspecified atom stereocenters. The number of hydrogen-bond donors (Lipinski definition) is 1. The summed E-state index contributed by atoms with van der Waals surface area (Å²) in [6.45, 7) is 2.43. The molecule has 0 atom stereocenters. The van der Waals surface area contributed by atoms with Crippen LogP contribution in [-0.4, -0.2) is 7.05 Å². The third kappa shape index (κ3) is 2.57. The van der Waals surface area contributed by atoms with Gasteiger partial charge in [0.1, 0.15) is 11.6 Å². The Morgan fingerprint density at radius 2 is 1.56 bits per heavy atom. The molecule has 0 aromatic heterocycles. The summed E-state index contributed by atoms with van der Waals surface area (Å²) in [4.78, 5) is 0. The molecule has 0 radical (unpaired) electrons. The summed E-state index contributed by atoms with van der Waals surface area (Å²) in [6, 6.07) is 9.32. The van der Waals surface area contributed by atoms with Crippen molar-refractivity contribution in [3.63, 3.8) is 0 Å². The summed E-state index contributed by atoms with van der Waals surface area (Å²) in [5.74, 6) is -0.516. The largest absolute Gasteiger partial charge is 0.316 e. The highest BCUT2D eigenvalue weighted by molar-refractivity contribution is 5.70. The van der Waals surface area contributed by atoms with Crippen molar-refractivity contribution in [3.05, 3.63) is 59.2 Å². The van der Waals surface area contributed by atoms with Crippen molar-refractivity contribution in [1.82, 2.24) is 5.32 Å². The summed E-state index contributed by atoms with van der Waals surface area (Å²) in [6.07, 6.45) is 0. The van der Waals surface area contributed by atoms with Crippen LogP contribution < -0.4 is 5.32 Å². The van der Waals surface area contributed by atoms with Gasteiger partial charge in [0.25, 0.3) is 0 Å². The first-order chi connectivity index (χ1) is 8.61. The number of rotatable bonds is 3. The van der Waals surface area contributed by atoms with E-state index in [4.69, 9.17) is 0 Å². The van der Waals surface area contributed by atoms with Crippen molar-refractivity contribution in [2.75, 3.05) is 7.05 Å². The Balaban J connectivity index is 2.55. The van der Waals surface area contributed by atoms with Crippen molar-refractivity contribution in [2.45, 2.75) is 13.5 Å². The lowest BCUT2D eigenvalue weighted by Gasteiger charge is -2.12. The summed E-state index contributed by atoms with van der Waals surface area (Å²) in [5.41, 5.74) is 3.58. The Kier molecular flexibility index (Phi) is 3.72. The predicted octanol–water partition coefficient (Wildman–Crippen LogP) is 3.66. The second-order valence-electron chi connectivity index (χ2n) is 4.29. The van der Waals surface area contributed by atoms with Crippen LogP contribution in [0.1, 0.15) is 11.1 Å². The summed E-state index contributed by atoms with van der Waals surface area (Å²) in [5, 5.41) is 3.01. The van der Waals surface area contributed by atoms with Crippen LogP contribution in [-0.2, 0) is 6.54 Å². The molecule has 0 fully saturated rings. The number of nitrogens with one attached hydrogen (secondary N) is 1. The number of halogens is 2. The van der Waals surface area contributed by atoms with Gasteiger partial charge in [-0.1, -0.05) is 12.1 Å². The highest BCUT2D eigenvalue weighted by Crippen LogP contribution is 2.28. The van der Waals surface area contributed by atoms with Gasteiger partial charge in [-0.3, -0.25) is 0 Å². The molecule has 0 amide bonds. The van der Waals surface area contributed by atoms with Gasteiger partial charge in [0.2, 0.25) is 0 Å². The molecule has 18 heavy (non-hydrogen) atoms. The lowest BCUT2D eigenvalue weighted by atomic mass is 9.96. The Bertz CT molecular complexity index is 564. The SMILES string of the molecule is CNCc1cc(F)ccc1-c1ccc(F)cc1C. The smallest absolute Gasteiger partial charge is 0.123 e. The summed E-state index contributed by atoms with van der Waals surface area (Å²) in [7, 11) is 1.81. The Labute approximate surface area is 105 Å². The molecule has 0 spiro atoms. The minimum Gasteiger partial charge on any atom is -0.316 e. The second kappa shape index (κ2) is 5.27. The van der Waals surface area contributed by atoms with Crippen LogP contribution in [0.2, 0.25) is 0 Å². The van der Waals surface area contributed by atoms with Crippen LogP contribution in [0.4, 0.5) is 8.78 Å². The van der Waals surface area contributed by atoms with E-state index < -0.39 is 0 Å². The van der Waals surface area contributed by atoms with Crippen molar-refractivity contribution < 1.29 is 8.78 Å². The predicted molar refractivity (Wildman–Crippen MR) is 69.3 cm³/mol. The van der Waals surface area contributed by atoms with Gasteiger partial charge in [-0.25, -0.2) is 8.78 Å². The standard InChI is InChI=1S/C15H15F2N/c1-10-7-12(16)3-5-14(10)15-6-4-13(17)8-11(15)9-18-2/h3-8,18H,9H2,1-2H3. The lowest BCUT2D eigenvalue weighted by Crippen LogP contribution is -2.07. The zero-order valence-electron chi connectivity index (χ0n) is 10.4. The number of benzene rings is 2. The minimum atomic E-state index is -0.260. The minimum absolute atomic E-state index is 0.256. The quantitative estimate of drug-likeness (QED) is 0.872. The molecule has 1 nitrogen and oxygen atoms in total. The van der Waals surface area contributed by atoms with Gasteiger partial charge in [0.15, 0.2) is 0 Å². The number of hydrogen-bond acceptors (Lipinski definition) is 1. The van der Waals surface area contributed by atoms with E-state index in [2.05, 4.69) is 5.32 Å². The topological polar surface area (TPSA) is 12.0 Å². The van der Waals surface area contributed by atoms with Gasteiger partial charge in [0, 0.05) is 6.54 Å². The molecule has 2 aromatic rings. The van der Waals surface area contributed by atoms with E-state index >= 15 is 0 Å². The highest BCUT2D eigenvalue weighted by Gasteiger charge is 2.09. The van der Waals surface area contributed by atoms with Crippen LogP contribution in [0.3, 0.4) is 0 Å². The molecule has 0 aliphatic carbocycles. The van der Waals surface area contributed by atoms with E-state index in [0.717, 1.165) is 22.3 Å². The van der Waals surface area contributed by atoms with Crippen LogP contribution >= 0.6 is 0 Å². The van der Waals surface area contributed by atoms with E-state index in [1.807, 2.05) is 14.0 Å². The van der Waals surface area contributed by atoms with Gasteiger partial charge in [-0.15, -0.1) is 0 Å². The van der Waals surface area contributed by atoms with Crippen molar-refractivity contribution in [2.24, 2.45) is 0 Å². The van der Waals surface area contributed by atoms with Gasteiger partial charge in [-0.05, 0) is 60.5 Å². The van der Waals surface area contributed by atoms with Gasteiger partial charge >= 0.3 is 0 Å². The molecule has 2 aromatic carbocycles. The van der Waals surface area contributed by atoms with Gasteiger partial charge in [0.05, 0.1) is 0 Å². The molecular weight excluding hydrogens is 232 g/mol. The van der Waals surface area contributed by atoms with Crippen LogP contribution in [0.25, 0.3) is 11.1 Å². The third-order valence-electron chi connectivity index (χ3n) is 2.91. The maximum Gasteiger partial charge on any atom is 0.123 e. The molecule has 1 N–H and O–H groups in total. The fourth-order valence-corrected chi connectivity index (χ4v) is 2.09. The molecule has 0 saturated heterocycles. The van der Waals surface area contributed by atoms with Crippen LogP contribution in [0.5, 0.6) is 0 Å². The van der Waals surface area contributed by atoms with Gasteiger partial charge < -0.3 is 5.32 Å². The highest BCUT2D eigenvalue weighted by atomic mass is 19.1. The second-order valence-corrected chi connectivity index (χ2v) is 4.29. The maximum atomic E-state index is 13.3. The molecule has 0 bridgehead atoms. The Morgan fingerprint density at radius 3 is 2.17 bits per heavy atom. The molecule has 2 rings (SSSR count). The van der Waals surface area contributed by atoms with Crippen molar-refractivity contribution in [3.8, 4) is 11.1 Å². The van der Waals surface area contributed by atoms with E-state index in [9.17, 15) is 8.78 Å². The number of aryl methyl sites for hydroxylation is 1. The van der Waals surface area contributed by atoms with Crippen molar-refractivity contribution in [1.29, 1.82) is 0 Å². The third-order valence-corrected chi connectivity index (χ3v) is 2.91. The van der Waals surface area contributed by atoms with Crippen LogP contribution in [0.15, 0.2) is 36.4 Å². The summed E-state index contributed by atoms with van der Waals surface area (Å²) < 4.78 is 26.4. The molecule has 3 heteroatoms. The monoisotopic (exact) mass is 247 g/mol. The average Bonchev–Trinajstić information content (AvgIpc) is 2.31. The Hall–Kier alpha value is -1.74. The van der Waals surface area contributed by atoms with E-state index in [1.54, 1.807) is 12.1 Å². The fraction of sp³-hybridized carbons (Fsp3) is 0.200. The molecule has 94 valence electrons. The maximum absolute atomic E-state index is 13.3. The van der Waals surface area contributed by atoms with E-state index in [1.165, 1.54) is 24.3 Å². The van der Waals surface area contributed by atoms with Crippen molar-refractivity contribution >= 4 is 0 Å². The fourth-order valence-electron chi connectivity index (χ4n) is 2.09. The zero-order valence-corrected chi connectivity index (χ0v) is 10.4. The van der Waals surface area contributed by atoms with Crippen LogP contribution in [0, 0.1) is 18.6 Å². The normalized spacial score (nSPS) is 10.7. The lowest BCUT2D eigenvalue weighted by molar-refractivity contribution is 0.623. The first-order valence-corrected chi connectivity index (χ1v) is 5.81. The van der Waals surface area contributed by atoms with Gasteiger partial charge in [-0.2, -0.15) is 0 Å².